The second kappa shape index (κ2) is 8.79. The van der Waals surface area contributed by atoms with E-state index in [1.807, 2.05) is 27.0 Å². The van der Waals surface area contributed by atoms with Crippen molar-refractivity contribution >= 4 is 23.5 Å². The molecule has 1 amide bonds. The van der Waals surface area contributed by atoms with E-state index < -0.39 is 17.2 Å². The third-order valence-electron chi connectivity index (χ3n) is 3.82. The molecule has 1 aliphatic rings. The number of nitrogens with zero attached hydrogens (tertiary/aromatic N) is 2. The summed E-state index contributed by atoms with van der Waals surface area (Å²) in [5.74, 6) is -0.573. The molecule has 0 unspecified atom stereocenters. The van der Waals surface area contributed by atoms with Crippen LogP contribution < -0.4 is 9.64 Å². The number of carbonyl (C=O) groups excluding carboxylic acids is 1. The Morgan fingerprint density at radius 3 is 2.38 bits per heavy atom. The zero-order valence-corrected chi connectivity index (χ0v) is 16.5. The molecule has 0 aromatic heterocycles. The maximum atomic E-state index is 14.2. The van der Waals surface area contributed by atoms with Gasteiger partial charge in [-0.25, -0.2) is 13.6 Å². The molecule has 1 saturated heterocycles. The maximum Gasteiger partial charge on any atom is 0.410 e. The van der Waals surface area contributed by atoms with Gasteiger partial charge in [-0.1, -0.05) is 0 Å². The Kier molecular flexibility index (Phi) is 6.97. The minimum Gasteiger partial charge on any atom is -0.490 e. The first-order valence-electron chi connectivity index (χ1n) is 8.55. The lowest BCUT2D eigenvalue weighted by atomic mass is 10.2. The second-order valence-electron chi connectivity index (χ2n) is 7.03. The molecule has 1 aromatic rings. The van der Waals surface area contributed by atoms with E-state index in [1.54, 1.807) is 21.6 Å². The molecule has 0 aliphatic carbocycles. The van der Waals surface area contributed by atoms with Crippen molar-refractivity contribution in [1.29, 1.82) is 0 Å². The van der Waals surface area contributed by atoms with Crippen LogP contribution in [-0.2, 0) is 4.74 Å². The van der Waals surface area contributed by atoms with Gasteiger partial charge in [0.1, 0.15) is 11.4 Å². The molecule has 1 aromatic carbocycles. The summed E-state index contributed by atoms with van der Waals surface area (Å²) in [4.78, 5) is 15.5. The fourth-order valence-corrected chi connectivity index (χ4v) is 2.81. The van der Waals surface area contributed by atoms with Crippen LogP contribution in [0.25, 0.3) is 0 Å². The Balaban J connectivity index is 2.02. The third-order valence-corrected chi connectivity index (χ3v) is 4.39. The monoisotopic (exact) mass is 388 g/mol. The molecule has 2 rings (SSSR count). The van der Waals surface area contributed by atoms with Crippen molar-refractivity contribution in [2.24, 2.45) is 0 Å². The lowest BCUT2D eigenvalue weighted by Crippen LogP contribution is -2.50. The van der Waals surface area contributed by atoms with Crippen molar-refractivity contribution in [2.45, 2.75) is 26.4 Å². The van der Waals surface area contributed by atoms with Crippen LogP contribution >= 0.6 is 11.8 Å². The number of piperazine rings is 1. The molecule has 146 valence electrons. The Hall–Kier alpha value is -1.70. The van der Waals surface area contributed by atoms with Crippen molar-refractivity contribution in [2.75, 3.05) is 49.7 Å². The van der Waals surface area contributed by atoms with Gasteiger partial charge >= 0.3 is 6.09 Å². The molecule has 1 heterocycles. The summed E-state index contributed by atoms with van der Waals surface area (Å²) in [7, 11) is 0. The third kappa shape index (κ3) is 5.65. The van der Waals surface area contributed by atoms with Crippen LogP contribution in [0, 0.1) is 11.6 Å². The number of benzene rings is 1. The highest BCUT2D eigenvalue weighted by molar-refractivity contribution is 7.98. The van der Waals surface area contributed by atoms with Gasteiger partial charge in [0, 0.05) is 44.1 Å². The van der Waals surface area contributed by atoms with Gasteiger partial charge in [0.15, 0.2) is 11.6 Å². The largest absolute Gasteiger partial charge is 0.490 e. The standard InChI is InChI=1S/C18H26F2N2O3S/c1-18(2,3)25-17(23)22-7-5-21(6-8-22)15-12-16(24-9-10-26-4)14(20)11-13(15)19/h11-12H,5-10H2,1-4H3. The molecule has 1 fully saturated rings. The predicted octanol–water partition coefficient (Wildman–Crippen LogP) is 3.76. The van der Waals surface area contributed by atoms with E-state index in [1.165, 1.54) is 6.07 Å². The van der Waals surface area contributed by atoms with Gasteiger partial charge in [-0.15, -0.1) is 0 Å². The number of thioether (sulfide) groups is 1. The number of ether oxygens (including phenoxy) is 2. The molecule has 1 aliphatic heterocycles. The number of hydrogen-bond donors (Lipinski definition) is 0. The quantitative estimate of drug-likeness (QED) is 0.719. The molecule has 8 heteroatoms. The van der Waals surface area contributed by atoms with Gasteiger partial charge < -0.3 is 19.3 Å². The fraction of sp³-hybridized carbons (Fsp3) is 0.611. The molecule has 0 radical (unpaired) electrons. The molecule has 0 bridgehead atoms. The summed E-state index contributed by atoms with van der Waals surface area (Å²) in [5, 5.41) is 0. The summed E-state index contributed by atoms with van der Waals surface area (Å²) in [6.45, 7) is 7.49. The van der Waals surface area contributed by atoms with Crippen LogP contribution in [0.2, 0.25) is 0 Å². The lowest BCUT2D eigenvalue weighted by molar-refractivity contribution is 0.0240. The lowest BCUT2D eigenvalue weighted by Gasteiger charge is -2.37. The van der Waals surface area contributed by atoms with Crippen molar-refractivity contribution < 1.29 is 23.0 Å². The highest BCUT2D eigenvalue weighted by Gasteiger charge is 2.27. The molecule has 0 atom stereocenters. The first-order chi connectivity index (χ1) is 12.2. The van der Waals surface area contributed by atoms with Gasteiger partial charge in [-0.3, -0.25) is 0 Å². The zero-order valence-electron chi connectivity index (χ0n) is 15.7. The summed E-state index contributed by atoms with van der Waals surface area (Å²) in [6.07, 6.45) is 1.55. The number of amides is 1. The van der Waals surface area contributed by atoms with E-state index in [-0.39, 0.29) is 17.5 Å². The van der Waals surface area contributed by atoms with Crippen molar-refractivity contribution in [3.8, 4) is 5.75 Å². The number of halogens is 2. The van der Waals surface area contributed by atoms with Crippen molar-refractivity contribution in [3.63, 3.8) is 0 Å². The Morgan fingerprint density at radius 1 is 1.15 bits per heavy atom. The van der Waals surface area contributed by atoms with Crippen molar-refractivity contribution in [1.82, 2.24) is 4.90 Å². The highest BCUT2D eigenvalue weighted by Crippen LogP contribution is 2.29. The predicted molar refractivity (Wildman–Crippen MR) is 100 cm³/mol. The Morgan fingerprint density at radius 2 is 1.81 bits per heavy atom. The number of hydrogen-bond acceptors (Lipinski definition) is 5. The minimum absolute atomic E-state index is 0.0463. The number of carbonyl (C=O) groups is 1. The van der Waals surface area contributed by atoms with Crippen LogP contribution in [0.1, 0.15) is 20.8 Å². The smallest absolute Gasteiger partial charge is 0.410 e. The maximum absolute atomic E-state index is 14.2. The van der Waals surface area contributed by atoms with Gasteiger partial charge in [0.2, 0.25) is 0 Å². The van der Waals surface area contributed by atoms with Gasteiger partial charge in [-0.05, 0) is 27.0 Å². The average molecular weight is 388 g/mol. The van der Waals surface area contributed by atoms with E-state index in [0.717, 1.165) is 11.8 Å². The molecular weight excluding hydrogens is 362 g/mol. The van der Waals surface area contributed by atoms with Gasteiger partial charge in [-0.2, -0.15) is 11.8 Å². The average Bonchev–Trinajstić information content (AvgIpc) is 2.55. The van der Waals surface area contributed by atoms with E-state index in [9.17, 15) is 13.6 Å². The molecular formula is C18H26F2N2O3S. The topological polar surface area (TPSA) is 42.0 Å². The molecule has 5 nitrogen and oxygen atoms in total. The number of rotatable bonds is 5. The molecule has 0 N–H and O–H groups in total. The summed E-state index contributed by atoms with van der Waals surface area (Å²) < 4.78 is 38.9. The summed E-state index contributed by atoms with van der Waals surface area (Å²) in [6, 6.07) is 2.25. The van der Waals surface area contributed by atoms with Gasteiger partial charge in [0.25, 0.3) is 0 Å². The normalized spacial score (nSPS) is 15.2. The second-order valence-corrected chi connectivity index (χ2v) is 8.02. The first-order valence-corrected chi connectivity index (χ1v) is 9.94. The molecule has 0 saturated carbocycles. The SMILES string of the molecule is CSCCOc1cc(N2CCN(C(=O)OC(C)(C)C)CC2)c(F)cc1F. The minimum atomic E-state index is -0.709. The van der Waals surface area contributed by atoms with E-state index >= 15 is 0 Å². The molecule has 0 spiro atoms. The van der Waals surface area contributed by atoms with E-state index in [0.29, 0.717) is 32.8 Å². The van der Waals surface area contributed by atoms with Crippen LogP contribution in [0.3, 0.4) is 0 Å². The Bertz CT molecular complexity index is 630. The zero-order chi connectivity index (χ0) is 19.3. The first kappa shape index (κ1) is 20.6. The van der Waals surface area contributed by atoms with E-state index in [2.05, 4.69) is 0 Å². The van der Waals surface area contributed by atoms with E-state index in [4.69, 9.17) is 9.47 Å². The fourth-order valence-electron chi connectivity index (χ4n) is 2.56. The summed E-state index contributed by atoms with van der Waals surface area (Å²) >= 11 is 1.59. The molecule has 26 heavy (non-hydrogen) atoms. The van der Waals surface area contributed by atoms with Crippen LogP contribution in [0.15, 0.2) is 12.1 Å². The van der Waals surface area contributed by atoms with Crippen LogP contribution in [0.5, 0.6) is 5.75 Å². The summed E-state index contributed by atoms with van der Waals surface area (Å²) in [5.41, 5.74) is -0.269. The van der Waals surface area contributed by atoms with Crippen LogP contribution in [-0.4, -0.2) is 61.4 Å². The van der Waals surface area contributed by atoms with Gasteiger partial charge in [0.05, 0.1) is 12.3 Å². The highest BCUT2D eigenvalue weighted by atomic mass is 32.2. The Labute approximate surface area is 157 Å². The number of anilines is 1. The van der Waals surface area contributed by atoms with Crippen LogP contribution in [0.4, 0.5) is 19.3 Å². The van der Waals surface area contributed by atoms with Crippen molar-refractivity contribution in [3.05, 3.63) is 23.8 Å².